The third-order valence-electron chi connectivity index (χ3n) is 13.9. The predicted octanol–water partition coefficient (Wildman–Crippen LogP) is 15.0. The molecule has 4 fully saturated rings. The van der Waals surface area contributed by atoms with E-state index in [4.69, 9.17) is 56.8 Å². The fraction of sp³-hybridized carbons (Fsp3) is 0.938. The highest BCUT2D eigenvalue weighted by Gasteiger charge is 2.29. The molecule has 0 bridgehead atoms. The molecule has 0 radical (unpaired) electrons. The van der Waals surface area contributed by atoms with Gasteiger partial charge in [-0.2, -0.15) is 0 Å². The van der Waals surface area contributed by atoms with E-state index in [-0.39, 0.29) is 73.5 Å². The van der Waals surface area contributed by atoms with Gasteiger partial charge in [0.05, 0.1) is 52.9 Å². The van der Waals surface area contributed by atoms with E-state index in [1.807, 2.05) is 13.8 Å². The SMILES string of the molecule is CCCCCCCC(=O)OC1COC(C(C)C)OC1.CCCCCCCC(=O)OC1COC(CCC)OC1.CCCCCCCCCC(=O)OC1COC(C(C)C)OC1.CCCCCCCCCC(=O)OC1COC(CCC)OC1. The summed E-state index contributed by atoms with van der Waals surface area (Å²) < 4.78 is 65.5. The maximum atomic E-state index is 11.7. The summed E-state index contributed by atoms with van der Waals surface area (Å²) in [6, 6.07) is 0. The number of carbonyl (C=O) groups is 4. The fourth-order valence-electron chi connectivity index (χ4n) is 9.08. The van der Waals surface area contributed by atoms with Crippen molar-refractivity contribution in [2.24, 2.45) is 11.8 Å². The van der Waals surface area contributed by atoms with Crippen LogP contribution in [-0.2, 0) is 76.0 Å². The number of rotatable bonds is 38. The minimum atomic E-state index is -0.239. The first-order valence-electron chi connectivity index (χ1n) is 32.5. The van der Waals surface area contributed by atoms with Crippen LogP contribution < -0.4 is 0 Å². The zero-order chi connectivity index (χ0) is 58.9. The fourth-order valence-corrected chi connectivity index (χ4v) is 9.08. The first kappa shape index (κ1) is 75.6. The summed E-state index contributed by atoms with van der Waals surface area (Å²) in [7, 11) is 0. The Balaban J connectivity index is 0.000000534. The summed E-state index contributed by atoms with van der Waals surface area (Å²) in [5.74, 6) is 0.169. The summed E-state index contributed by atoms with van der Waals surface area (Å²) in [5.41, 5.74) is 0. The molecule has 0 amide bonds. The number of unbranched alkanes of at least 4 members (excludes halogenated alkanes) is 20. The van der Waals surface area contributed by atoms with Gasteiger partial charge in [0, 0.05) is 37.5 Å². The Bertz CT molecular complexity index is 1430. The lowest BCUT2D eigenvalue weighted by atomic mass is 10.1. The van der Waals surface area contributed by atoms with Gasteiger partial charge in [0.15, 0.2) is 25.2 Å². The molecular formula is C64H120O16. The van der Waals surface area contributed by atoms with Crippen molar-refractivity contribution in [3.8, 4) is 0 Å². The van der Waals surface area contributed by atoms with Crippen molar-refractivity contribution in [3.63, 3.8) is 0 Å². The number of hydrogen-bond acceptors (Lipinski definition) is 16. The molecule has 16 nitrogen and oxygen atoms in total. The topological polar surface area (TPSA) is 179 Å². The van der Waals surface area contributed by atoms with E-state index in [0.717, 1.165) is 77.0 Å². The summed E-state index contributed by atoms with van der Waals surface area (Å²) in [6.45, 7) is 24.9. The normalized spacial score (nSPS) is 22.9. The van der Waals surface area contributed by atoms with Gasteiger partial charge >= 0.3 is 23.9 Å². The van der Waals surface area contributed by atoms with Gasteiger partial charge in [0.2, 0.25) is 0 Å². The first-order chi connectivity index (χ1) is 38.8. The molecule has 0 aromatic rings. The van der Waals surface area contributed by atoms with E-state index in [1.54, 1.807) is 0 Å². The molecule has 0 aliphatic carbocycles. The van der Waals surface area contributed by atoms with E-state index >= 15 is 0 Å². The largest absolute Gasteiger partial charge is 0.457 e. The van der Waals surface area contributed by atoms with Gasteiger partial charge in [-0.15, -0.1) is 0 Å². The van der Waals surface area contributed by atoms with Crippen molar-refractivity contribution < 1.29 is 76.0 Å². The second kappa shape index (κ2) is 52.1. The molecule has 0 saturated carbocycles. The zero-order valence-corrected chi connectivity index (χ0v) is 52.6. The molecule has 0 atom stereocenters. The molecule has 4 heterocycles. The molecular weight excluding hydrogens is 1020 g/mol. The predicted molar refractivity (Wildman–Crippen MR) is 314 cm³/mol. The van der Waals surface area contributed by atoms with E-state index in [1.165, 1.54) is 103 Å². The monoisotopic (exact) mass is 1140 g/mol. The maximum absolute atomic E-state index is 11.7. The second-order valence-corrected chi connectivity index (χ2v) is 22.8. The van der Waals surface area contributed by atoms with Crippen molar-refractivity contribution >= 4 is 23.9 Å². The number of ether oxygens (including phenoxy) is 12. The van der Waals surface area contributed by atoms with Gasteiger partial charge in [-0.3, -0.25) is 19.2 Å². The molecule has 0 aromatic heterocycles. The van der Waals surface area contributed by atoms with Crippen molar-refractivity contribution in [3.05, 3.63) is 0 Å². The van der Waals surface area contributed by atoms with Crippen LogP contribution in [0.3, 0.4) is 0 Å². The second-order valence-electron chi connectivity index (χ2n) is 22.8. The summed E-state index contributed by atoms with van der Waals surface area (Å²) in [4.78, 5) is 46.7. The van der Waals surface area contributed by atoms with Gasteiger partial charge in [0.1, 0.15) is 24.4 Å². The molecule has 4 saturated heterocycles. The number of esters is 4. The Kier molecular flexibility index (Phi) is 49.3. The van der Waals surface area contributed by atoms with Crippen LogP contribution in [-0.4, -0.2) is 126 Å². The van der Waals surface area contributed by atoms with Gasteiger partial charge in [-0.05, 0) is 38.5 Å². The highest BCUT2D eigenvalue weighted by molar-refractivity contribution is 5.70. The van der Waals surface area contributed by atoms with E-state index in [0.29, 0.717) is 90.4 Å². The minimum absolute atomic E-state index is 0.116. The number of hydrogen-bond donors (Lipinski definition) is 0. The average molecular weight is 1150 g/mol. The van der Waals surface area contributed by atoms with Gasteiger partial charge in [0.25, 0.3) is 0 Å². The molecule has 0 aromatic carbocycles. The molecule has 472 valence electrons. The zero-order valence-electron chi connectivity index (χ0n) is 52.6. The van der Waals surface area contributed by atoms with Crippen LogP contribution in [0.25, 0.3) is 0 Å². The van der Waals surface area contributed by atoms with Crippen molar-refractivity contribution in [1.82, 2.24) is 0 Å². The standard InChI is InChI=1S/2C17H32O4.2C15H28O4/c1-4-5-6-7-8-9-10-11-16(18)21-15-12-19-17(14(2)3)20-13-15;1-3-5-6-7-8-9-10-12-16(18)21-15-13-19-17(11-4-2)20-14-15;1-4-5-6-7-8-9-14(16)19-13-10-17-15(12(2)3)18-11-13;1-3-5-6-7-8-10-14(16)19-13-11-17-15(9-4-2)18-12-13/h14-15,17H,4-13H2,1-3H3;15,17H,3-14H2,1-2H3;12-13,15H,4-11H2,1-3H3;13,15H,3-12H2,1-2H3. The van der Waals surface area contributed by atoms with Crippen molar-refractivity contribution in [1.29, 1.82) is 0 Å². The van der Waals surface area contributed by atoms with Crippen LogP contribution in [0.5, 0.6) is 0 Å². The van der Waals surface area contributed by atoms with E-state index < -0.39 is 0 Å². The minimum Gasteiger partial charge on any atom is -0.457 e. The third-order valence-corrected chi connectivity index (χ3v) is 13.9. The molecule has 16 heteroatoms. The molecule has 0 N–H and O–H groups in total. The van der Waals surface area contributed by atoms with Crippen LogP contribution in [0.1, 0.15) is 275 Å². The van der Waals surface area contributed by atoms with Crippen molar-refractivity contribution in [2.75, 3.05) is 52.9 Å². The van der Waals surface area contributed by atoms with Crippen LogP contribution in [0.4, 0.5) is 0 Å². The highest BCUT2D eigenvalue weighted by Crippen LogP contribution is 2.20. The van der Waals surface area contributed by atoms with Gasteiger partial charge < -0.3 is 56.8 Å². The molecule has 0 unspecified atom stereocenters. The van der Waals surface area contributed by atoms with E-state index in [2.05, 4.69) is 55.4 Å². The lowest BCUT2D eigenvalue weighted by Gasteiger charge is -2.31. The quantitative estimate of drug-likeness (QED) is 0.0323. The van der Waals surface area contributed by atoms with E-state index in [9.17, 15) is 19.2 Å². The molecule has 4 rings (SSSR count). The first-order valence-corrected chi connectivity index (χ1v) is 32.5. The Labute approximate surface area is 487 Å². The molecule has 80 heavy (non-hydrogen) atoms. The molecule has 0 spiro atoms. The Hall–Kier alpha value is -2.44. The average Bonchev–Trinajstić information content (AvgIpc) is 3.44. The Morgan fingerprint density at radius 1 is 0.300 bits per heavy atom. The third kappa shape index (κ3) is 42.4. The smallest absolute Gasteiger partial charge is 0.306 e. The summed E-state index contributed by atoms with van der Waals surface area (Å²) in [5, 5.41) is 0. The van der Waals surface area contributed by atoms with Crippen LogP contribution in [0.2, 0.25) is 0 Å². The Morgan fingerprint density at radius 3 is 0.700 bits per heavy atom. The molecule has 4 aliphatic rings. The summed E-state index contributed by atoms with van der Waals surface area (Å²) in [6.07, 6.45) is 32.8. The Morgan fingerprint density at radius 2 is 0.500 bits per heavy atom. The lowest BCUT2D eigenvalue weighted by Crippen LogP contribution is -2.40. The maximum Gasteiger partial charge on any atom is 0.306 e. The summed E-state index contributed by atoms with van der Waals surface area (Å²) >= 11 is 0. The number of carbonyl (C=O) groups excluding carboxylic acids is 4. The highest BCUT2D eigenvalue weighted by atomic mass is 16.7. The van der Waals surface area contributed by atoms with Crippen LogP contribution in [0, 0.1) is 11.8 Å². The molecule has 4 aliphatic heterocycles. The van der Waals surface area contributed by atoms with Gasteiger partial charge in [-0.1, -0.05) is 210 Å². The lowest BCUT2D eigenvalue weighted by molar-refractivity contribution is -0.239. The van der Waals surface area contributed by atoms with Crippen LogP contribution >= 0.6 is 0 Å². The van der Waals surface area contributed by atoms with Crippen molar-refractivity contribution in [2.45, 2.75) is 324 Å². The van der Waals surface area contributed by atoms with Crippen LogP contribution in [0.15, 0.2) is 0 Å². The van der Waals surface area contributed by atoms with Gasteiger partial charge in [-0.25, -0.2) is 0 Å².